The van der Waals surface area contributed by atoms with Crippen molar-refractivity contribution in [1.82, 2.24) is 0 Å². The van der Waals surface area contributed by atoms with Gasteiger partial charge in [-0.05, 0) is 49.9 Å². The molecule has 3 aliphatic carbocycles. The van der Waals surface area contributed by atoms with E-state index < -0.39 is 46.7 Å². The third-order valence-electron chi connectivity index (χ3n) is 8.20. The van der Waals surface area contributed by atoms with E-state index in [1.54, 1.807) is 6.92 Å². The first-order chi connectivity index (χ1) is 13.5. The van der Waals surface area contributed by atoms with Crippen LogP contribution in [0.1, 0.15) is 46.5 Å². The lowest BCUT2D eigenvalue weighted by Gasteiger charge is -2.62. The number of carbonyl (C=O) groups is 3. The summed E-state index contributed by atoms with van der Waals surface area (Å²) >= 11 is 0. The Hall–Kier alpha value is -1.73. The maximum atomic E-state index is 13.5. The lowest BCUT2D eigenvalue weighted by atomic mass is 9.41. The standard InChI is InChI=1S/C22H32O7/c1-11-12(10-15(24)28-4)6-7-13-16(11)17(25)18(26)19-21(13,2)9-8-14(23)22(19,3)20(27)29-5/h10-11,13-14,16-17,19,23,25H,6-9H2,1-5H3/t11-,13-,14-,16-,17+,19+,21+,22-/m0/s1. The summed E-state index contributed by atoms with van der Waals surface area (Å²) in [5.41, 5.74) is -1.07. The second-order valence-corrected chi connectivity index (χ2v) is 9.37. The number of rotatable bonds is 2. The zero-order valence-corrected chi connectivity index (χ0v) is 17.8. The van der Waals surface area contributed by atoms with Crippen LogP contribution >= 0.6 is 0 Å². The summed E-state index contributed by atoms with van der Waals surface area (Å²) in [6.45, 7) is 5.53. The Morgan fingerprint density at radius 1 is 1.14 bits per heavy atom. The molecule has 8 atom stereocenters. The summed E-state index contributed by atoms with van der Waals surface area (Å²) in [5.74, 6) is -2.81. The molecule has 0 spiro atoms. The number of carbonyl (C=O) groups excluding carboxylic acids is 3. The number of hydrogen-bond acceptors (Lipinski definition) is 7. The fourth-order valence-electron chi connectivity index (χ4n) is 6.64. The number of aliphatic hydroxyl groups is 2. The predicted molar refractivity (Wildman–Crippen MR) is 103 cm³/mol. The third-order valence-corrected chi connectivity index (χ3v) is 8.20. The van der Waals surface area contributed by atoms with E-state index in [-0.39, 0.29) is 17.8 Å². The highest BCUT2D eigenvalue weighted by atomic mass is 16.5. The topological polar surface area (TPSA) is 110 Å². The van der Waals surface area contributed by atoms with Crippen LogP contribution in [0.3, 0.4) is 0 Å². The molecule has 0 aliphatic heterocycles. The molecule has 29 heavy (non-hydrogen) atoms. The Balaban J connectivity index is 2.06. The van der Waals surface area contributed by atoms with E-state index in [9.17, 15) is 24.6 Å². The van der Waals surface area contributed by atoms with Crippen LogP contribution < -0.4 is 0 Å². The van der Waals surface area contributed by atoms with Gasteiger partial charge >= 0.3 is 11.9 Å². The first kappa shape index (κ1) is 22.0. The van der Waals surface area contributed by atoms with Crippen LogP contribution in [0.25, 0.3) is 0 Å². The van der Waals surface area contributed by atoms with E-state index >= 15 is 0 Å². The van der Waals surface area contributed by atoms with Gasteiger partial charge in [-0.15, -0.1) is 0 Å². The highest BCUT2D eigenvalue weighted by Gasteiger charge is 2.68. The number of hydrogen-bond donors (Lipinski definition) is 2. The maximum Gasteiger partial charge on any atom is 0.330 e. The number of ether oxygens (including phenoxy) is 2. The SMILES string of the molecule is COC(=O)C=C1CC[C@H]2[C@H]([C@H]1C)[C@@H](O)C(=O)[C@@H]1[C@]2(C)CC[C@H](O)[C@]1(C)C(=O)OC. The number of ketones is 1. The van der Waals surface area contributed by atoms with Gasteiger partial charge in [0, 0.05) is 17.9 Å². The van der Waals surface area contributed by atoms with Crippen molar-refractivity contribution < 1.29 is 34.1 Å². The normalized spacial score (nSPS) is 45.9. The molecule has 3 saturated carbocycles. The molecule has 162 valence electrons. The Morgan fingerprint density at radius 3 is 2.38 bits per heavy atom. The fourth-order valence-corrected chi connectivity index (χ4v) is 6.64. The summed E-state index contributed by atoms with van der Waals surface area (Å²) in [6, 6.07) is 0. The number of esters is 2. The average Bonchev–Trinajstić information content (AvgIpc) is 2.70. The second kappa shape index (κ2) is 7.51. The summed E-state index contributed by atoms with van der Waals surface area (Å²) in [7, 11) is 2.58. The number of fused-ring (bicyclic) bond motifs is 3. The Kier molecular flexibility index (Phi) is 5.69. The Morgan fingerprint density at radius 2 is 1.79 bits per heavy atom. The summed E-state index contributed by atoms with van der Waals surface area (Å²) in [4.78, 5) is 37.9. The molecule has 0 radical (unpaired) electrons. The molecule has 0 unspecified atom stereocenters. The molecule has 0 aromatic rings. The van der Waals surface area contributed by atoms with Gasteiger partial charge < -0.3 is 19.7 Å². The highest BCUT2D eigenvalue weighted by molar-refractivity contribution is 5.94. The molecule has 7 heteroatoms. The van der Waals surface area contributed by atoms with Gasteiger partial charge in [0.2, 0.25) is 0 Å². The largest absolute Gasteiger partial charge is 0.469 e. The molecule has 7 nitrogen and oxygen atoms in total. The van der Waals surface area contributed by atoms with E-state index in [4.69, 9.17) is 9.47 Å². The van der Waals surface area contributed by atoms with Gasteiger partial charge in [0.25, 0.3) is 0 Å². The Bertz CT molecular complexity index is 743. The van der Waals surface area contributed by atoms with Crippen LogP contribution in [-0.4, -0.2) is 54.4 Å². The molecule has 0 aromatic heterocycles. The molecular formula is C22H32O7. The second-order valence-electron chi connectivity index (χ2n) is 9.37. The fraction of sp³-hybridized carbons (Fsp3) is 0.773. The minimum atomic E-state index is -1.39. The van der Waals surface area contributed by atoms with Crippen molar-refractivity contribution in [3.63, 3.8) is 0 Å². The smallest absolute Gasteiger partial charge is 0.330 e. The predicted octanol–water partition coefficient (Wildman–Crippen LogP) is 1.65. The zero-order chi connectivity index (χ0) is 21.7. The van der Waals surface area contributed by atoms with E-state index in [2.05, 4.69) is 0 Å². The van der Waals surface area contributed by atoms with Crippen molar-refractivity contribution in [2.75, 3.05) is 14.2 Å². The van der Waals surface area contributed by atoms with E-state index in [1.165, 1.54) is 20.3 Å². The molecule has 3 fully saturated rings. The Labute approximate surface area is 171 Å². The van der Waals surface area contributed by atoms with Crippen molar-refractivity contribution >= 4 is 17.7 Å². The average molecular weight is 408 g/mol. The van der Waals surface area contributed by atoms with Crippen LogP contribution in [0, 0.1) is 34.5 Å². The van der Waals surface area contributed by atoms with Crippen molar-refractivity contribution in [3.8, 4) is 0 Å². The van der Waals surface area contributed by atoms with Gasteiger partial charge in [-0.25, -0.2) is 4.79 Å². The van der Waals surface area contributed by atoms with E-state index in [0.29, 0.717) is 25.7 Å². The molecule has 0 amide bonds. The number of methoxy groups -OCH3 is 2. The number of allylic oxidation sites excluding steroid dienone is 1. The molecule has 0 heterocycles. The molecule has 0 saturated heterocycles. The number of aliphatic hydroxyl groups excluding tert-OH is 2. The third kappa shape index (κ3) is 3.05. The van der Waals surface area contributed by atoms with Gasteiger partial charge in [-0.2, -0.15) is 0 Å². The zero-order valence-electron chi connectivity index (χ0n) is 17.8. The van der Waals surface area contributed by atoms with Crippen molar-refractivity contribution in [1.29, 1.82) is 0 Å². The molecular weight excluding hydrogens is 376 g/mol. The van der Waals surface area contributed by atoms with Gasteiger partial charge in [-0.3, -0.25) is 9.59 Å². The van der Waals surface area contributed by atoms with E-state index in [0.717, 1.165) is 5.57 Å². The minimum Gasteiger partial charge on any atom is -0.469 e. The quantitative estimate of drug-likeness (QED) is 0.528. The van der Waals surface area contributed by atoms with Crippen molar-refractivity contribution in [3.05, 3.63) is 11.6 Å². The molecule has 3 aliphatic rings. The van der Waals surface area contributed by atoms with Gasteiger partial charge in [0.15, 0.2) is 5.78 Å². The van der Waals surface area contributed by atoms with Crippen LogP contribution in [0.4, 0.5) is 0 Å². The first-order valence-electron chi connectivity index (χ1n) is 10.3. The lowest BCUT2D eigenvalue weighted by Crippen LogP contribution is -2.68. The monoisotopic (exact) mass is 408 g/mol. The molecule has 2 N–H and O–H groups in total. The highest BCUT2D eigenvalue weighted by Crippen LogP contribution is 2.64. The van der Waals surface area contributed by atoms with E-state index in [1.807, 2.05) is 13.8 Å². The van der Waals surface area contributed by atoms with Crippen LogP contribution in [0.15, 0.2) is 11.6 Å². The number of Topliss-reactive ketones (excluding diaryl/α,β-unsaturated/α-hetero) is 1. The van der Waals surface area contributed by atoms with Crippen LogP contribution in [0.2, 0.25) is 0 Å². The molecule has 0 bridgehead atoms. The van der Waals surface area contributed by atoms with Crippen molar-refractivity contribution in [2.24, 2.45) is 34.5 Å². The van der Waals surface area contributed by atoms with Gasteiger partial charge in [-0.1, -0.05) is 19.4 Å². The van der Waals surface area contributed by atoms with Crippen molar-refractivity contribution in [2.45, 2.75) is 58.7 Å². The van der Waals surface area contributed by atoms with Gasteiger partial charge in [0.1, 0.15) is 11.5 Å². The maximum absolute atomic E-state index is 13.5. The molecule has 3 rings (SSSR count). The summed E-state index contributed by atoms with van der Waals surface area (Å²) in [5, 5.41) is 21.8. The summed E-state index contributed by atoms with van der Waals surface area (Å²) < 4.78 is 9.72. The minimum absolute atomic E-state index is 0.0125. The lowest BCUT2D eigenvalue weighted by molar-refractivity contribution is -0.209. The van der Waals surface area contributed by atoms with Crippen LogP contribution in [0.5, 0.6) is 0 Å². The van der Waals surface area contributed by atoms with Gasteiger partial charge in [0.05, 0.1) is 20.3 Å². The summed E-state index contributed by atoms with van der Waals surface area (Å²) in [6.07, 6.45) is 1.55. The van der Waals surface area contributed by atoms with Crippen LogP contribution in [-0.2, 0) is 23.9 Å². The first-order valence-corrected chi connectivity index (χ1v) is 10.3. The molecule has 0 aromatic carbocycles.